The van der Waals surface area contributed by atoms with Crippen molar-refractivity contribution in [2.45, 2.75) is 19.3 Å². The van der Waals surface area contributed by atoms with Crippen LogP contribution in [0, 0.1) is 28.5 Å². The number of aromatic nitrogens is 4. The van der Waals surface area contributed by atoms with E-state index in [4.69, 9.17) is 0 Å². The molecule has 1 atom stereocenters. The summed E-state index contributed by atoms with van der Waals surface area (Å²) in [6, 6.07) is 5.86. The molecule has 1 saturated carbocycles. The van der Waals surface area contributed by atoms with Crippen LogP contribution >= 0.6 is 0 Å². The first-order chi connectivity index (χ1) is 13.1. The lowest BCUT2D eigenvalue weighted by molar-refractivity contribution is -0.123. The molecule has 1 amide bonds. The highest BCUT2D eigenvalue weighted by molar-refractivity contribution is 6.04. The SMILES string of the molecule is N#C[C@@]1(C2CC2)CCN(c2nc(-c3cccnc3)cn3ncc(F)c23)C1=O. The van der Waals surface area contributed by atoms with Crippen LogP contribution in [0.4, 0.5) is 10.2 Å². The second-order valence-electron chi connectivity index (χ2n) is 7.04. The largest absolute Gasteiger partial charge is 0.293 e. The summed E-state index contributed by atoms with van der Waals surface area (Å²) in [6.45, 7) is 0.340. The number of fused-ring (bicyclic) bond motifs is 1. The van der Waals surface area contributed by atoms with E-state index in [1.54, 1.807) is 24.7 Å². The minimum atomic E-state index is -1.01. The minimum Gasteiger partial charge on any atom is -0.293 e. The van der Waals surface area contributed by atoms with E-state index in [-0.39, 0.29) is 23.2 Å². The second-order valence-corrected chi connectivity index (χ2v) is 7.04. The summed E-state index contributed by atoms with van der Waals surface area (Å²) in [5.41, 5.74) is 0.388. The van der Waals surface area contributed by atoms with Crippen molar-refractivity contribution >= 4 is 17.2 Å². The number of carbonyl (C=O) groups excluding carboxylic acids is 1. The van der Waals surface area contributed by atoms with Crippen LogP contribution in [-0.2, 0) is 4.79 Å². The summed E-state index contributed by atoms with van der Waals surface area (Å²) >= 11 is 0. The standard InChI is InChI=1S/C19H15FN6O/c20-14-9-23-26-10-15(12-2-1-6-22-8-12)24-17(16(14)26)25-7-5-19(11-21,18(25)27)13-3-4-13/h1-2,6,8-10,13H,3-5,7H2/t19-/m1/s1. The summed E-state index contributed by atoms with van der Waals surface area (Å²) in [4.78, 5) is 23.3. The molecule has 0 aromatic carbocycles. The molecule has 3 aromatic heterocycles. The third kappa shape index (κ3) is 2.24. The first-order valence-corrected chi connectivity index (χ1v) is 8.81. The van der Waals surface area contributed by atoms with E-state index in [2.05, 4.69) is 21.1 Å². The molecule has 0 radical (unpaired) electrons. The van der Waals surface area contributed by atoms with Gasteiger partial charge in [-0.15, -0.1) is 0 Å². The lowest BCUT2D eigenvalue weighted by atomic mass is 9.83. The molecule has 2 aliphatic rings. The average molecular weight is 362 g/mol. The molecule has 134 valence electrons. The molecule has 0 bridgehead atoms. The van der Waals surface area contributed by atoms with Crippen molar-refractivity contribution in [3.63, 3.8) is 0 Å². The van der Waals surface area contributed by atoms with E-state index in [0.717, 1.165) is 24.6 Å². The molecule has 0 spiro atoms. The molecular formula is C19H15FN6O. The van der Waals surface area contributed by atoms with Gasteiger partial charge in [-0.3, -0.25) is 14.7 Å². The zero-order chi connectivity index (χ0) is 18.6. The van der Waals surface area contributed by atoms with E-state index in [1.807, 2.05) is 6.07 Å². The van der Waals surface area contributed by atoms with Crippen molar-refractivity contribution in [2.24, 2.45) is 11.3 Å². The van der Waals surface area contributed by atoms with Crippen molar-refractivity contribution in [1.29, 1.82) is 5.26 Å². The Kier molecular flexibility index (Phi) is 3.28. The number of rotatable bonds is 3. The Morgan fingerprint density at radius 3 is 2.89 bits per heavy atom. The number of halogens is 1. The van der Waals surface area contributed by atoms with Gasteiger partial charge in [0.2, 0.25) is 5.91 Å². The van der Waals surface area contributed by atoms with Crippen molar-refractivity contribution < 1.29 is 9.18 Å². The predicted molar refractivity (Wildman–Crippen MR) is 93.9 cm³/mol. The predicted octanol–water partition coefficient (Wildman–Crippen LogP) is 2.59. The number of hydrogen-bond acceptors (Lipinski definition) is 5. The highest BCUT2D eigenvalue weighted by Crippen LogP contribution is 2.52. The molecule has 0 unspecified atom stereocenters. The van der Waals surface area contributed by atoms with Crippen LogP contribution in [0.2, 0.25) is 0 Å². The Hall–Kier alpha value is -3.34. The molecule has 7 nitrogen and oxygen atoms in total. The third-order valence-electron chi connectivity index (χ3n) is 5.48. The lowest BCUT2D eigenvalue weighted by Crippen LogP contribution is -2.36. The molecule has 3 aromatic rings. The third-order valence-corrected chi connectivity index (χ3v) is 5.48. The molecule has 27 heavy (non-hydrogen) atoms. The summed E-state index contributed by atoms with van der Waals surface area (Å²) < 4.78 is 15.8. The van der Waals surface area contributed by atoms with Gasteiger partial charge in [0.1, 0.15) is 10.9 Å². The van der Waals surface area contributed by atoms with Gasteiger partial charge >= 0.3 is 0 Å². The van der Waals surface area contributed by atoms with E-state index in [0.29, 0.717) is 18.7 Å². The van der Waals surface area contributed by atoms with Crippen molar-refractivity contribution in [2.75, 3.05) is 11.4 Å². The average Bonchev–Trinajstić information content (AvgIpc) is 3.41. The highest BCUT2D eigenvalue weighted by atomic mass is 19.1. The molecule has 1 aliphatic heterocycles. The van der Waals surface area contributed by atoms with Gasteiger partial charge in [-0.05, 0) is 37.3 Å². The molecule has 1 aliphatic carbocycles. The van der Waals surface area contributed by atoms with Gasteiger partial charge in [-0.2, -0.15) is 10.4 Å². The Morgan fingerprint density at radius 1 is 1.33 bits per heavy atom. The summed E-state index contributed by atoms with van der Waals surface area (Å²) in [5, 5.41) is 13.7. The van der Waals surface area contributed by atoms with Gasteiger partial charge in [0, 0.05) is 24.5 Å². The maximum Gasteiger partial charge on any atom is 0.249 e. The number of nitrogens with zero attached hydrogens (tertiary/aromatic N) is 6. The van der Waals surface area contributed by atoms with Gasteiger partial charge in [-0.1, -0.05) is 0 Å². The van der Waals surface area contributed by atoms with Gasteiger partial charge in [0.25, 0.3) is 0 Å². The van der Waals surface area contributed by atoms with Crippen LogP contribution in [-0.4, -0.2) is 32.0 Å². The zero-order valence-corrected chi connectivity index (χ0v) is 14.3. The van der Waals surface area contributed by atoms with Gasteiger partial charge in [0.15, 0.2) is 11.6 Å². The number of anilines is 1. The fourth-order valence-corrected chi connectivity index (χ4v) is 3.89. The maximum absolute atomic E-state index is 14.4. The second kappa shape index (κ2) is 5.58. The maximum atomic E-state index is 14.4. The molecule has 0 N–H and O–H groups in total. The van der Waals surface area contributed by atoms with Crippen LogP contribution in [0.25, 0.3) is 16.8 Å². The zero-order valence-electron chi connectivity index (χ0n) is 14.3. The Morgan fingerprint density at radius 2 is 2.19 bits per heavy atom. The number of nitriles is 1. The van der Waals surface area contributed by atoms with Gasteiger partial charge < -0.3 is 0 Å². The molecule has 1 saturated heterocycles. The first kappa shape index (κ1) is 15.9. The van der Waals surface area contributed by atoms with Crippen LogP contribution in [0.5, 0.6) is 0 Å². The van der Waals surface area contributed by atoms with Crippen molar-refractivity contribution in [3.05, 3.63) is 42.7 Å². The Labute approximate surface area is 154 Å². The highest BCUT2D eigenvalue weighted by Gasteiger charge is 2.57. The van der Waals surface area contributed by atoms with Crippen molar-refractivity contribution in [3.8, 4) is 17.3 Å². The lowest BCUT2D eigenvalue weighted by Gasteiger charge is -2.21. The molecule has 2 fully saturated rings. The molecule has 4 heterocycles. The van der Waals surface area contributed by atoms with Crippen LogP contribution in [0.1, 0.15) is 19.3 Å². The summed E-state index contributed by atoms with van der Waals surface area (Å²) in [6.07, 6.45) is 8.21. The molecule has 5 rings (SSSR count). The van der Waals surface area contributed by atoms with E-state index < -0.39 is 11.2 Å². The number of carbonyl (C=O) groups is 1. The Balaban J connectivity index is 1.68. The monoisotopic (exact) mass is 362 g/mol. The smallest absolute Gasteiger partial charge is 0.249 e. The minimum absolute atomic E-state index is 0.0901. The Bertz CT molecular complexity index is 1100. The quantitative estimate of drug-likeness (QED) is 0.715. The fourth-order valence-electron chi connectivity index (χ4n) is 3.89. The van der Waals surface area contributed by atoms with Crippen LogP contribution in [0.3, 0.4) is 0 Å². The van der Waals surface area contributed by atoms with Gasteiger partial charge in [-0.25, -0.2) is 13.9 Å². The molecule has 8 heteroatoms. The number of amides is 1. The topological polar surface area (TPSA) is 87.2 Å². The van der Waals surface area contributed by atoms with E-state index in [9.17, 15) is 14.4 Å². The number of hydrogen-bond donors (Lipinski definition) is 0. The van der Waals surface area contributed by atoms with Crippen LogP contribution in [0.15, 0.2) is 36.9 Å². The number of pyridine rings is 1. The normalized spacial score (nSPS) is 22.4. The molecular weight excluding hydrogens is 347 g/mol. The summed E-state index contributed by atoms with van der Waals surface area (Å²) in [5.74, 6) is -0.545. The van der Waals surface area contributed by atoms with Crippen LogP contribution < -0.4 is 4.90 Å². The van der Waals surface area contributed by atoms with Crippen molar-refractivity contribution in [1.82, 2.24) is 19.6 Å². The summed E-state index contributed by atoms with van der Waals surface area (Å²) in [7, 11) is 0. The van der Waals surface area contributed by atoms with Gasteiger partial charge in [0.05, 0.1) is 24.2 Å². The first-order valence-electron chi connectivity index (χ1n) is 8.81. The fraction of sp³-hybridized carbons (Fsp3) is 0.316. The van der Waals surface area contributed by atoms with E-state index in [1.165, 1.54) is 9.42 Å². The van der Waals surface area contributed by atoms with E-state index >= 15 is 0 Å².